The van der Waals surface area contributed by atoms with Crippen molar-refractivity contribution in [2.45, 2.75) is 39.3 Å². The van der Waals surface area contributed by atoms with Gasteiger partial charge >= 0.3 is 5.97 Å². The Hall–Kier alpha value is -1.10. The Bertz CT molecular complexity index is 231. The minimum atomic E-state index is -0.920. The molecule has 0 aliphatic rings. The zero-order valence-corrected chi connectivity index (χ0v) is 9.78. The van der Waals surface area contributed by atoms with Crippen LogP contribution < -0.4 is 5.32 Å². The normalized spacial score (nSPS) is 14.4. The summed E-state index contributed by atoms with van der Waals surface area (Å²) in [6.45, 7) is 5.94. The molecule has 0 aliphatic carbocycles. The Kier molecular flexibility index (Phi) is 5.93. The zero-order chi connectivity index (χ0) is 12.0. The van der Waals surface area contributed by atoms with E-state index in [1.165, 1.54) is 0 Å². The summed E-state index contributed by atoms with van der Waals surface area (Å²) in [7, 11) is 1.70. The number of aliphatic carboxylic acids is 1. The van der Waals surface area contributed by atoms with E-state index in [-0.39, 0.29) is 5.91 Å². The molecule has 1 amide bonds. The first-order valence-corrected chi connectivity index (χ1v) is 5.17. The molecule has 2 unspecified atom stereocenters. The number of nitrogens with zero attached hydrogens (tertiary/aromatic N) is 1. The SMILES string of the molecule is CCC(NC(C)C(=O)N(C)CC)C(=O)O. The lowest BCUT2D eigenvalue weighted by Crippen LogP contribution is -2.49. The fourth-order valence-corrected chi connectivity index (χ4v) is 1.22. The molecule has 5 heteroatoms. The fourth-order valence-electron chi connectivity index (χ4n) is 1.22. The molecule has 0 bridgehead atoms. The van der Waals surface area contributed by atoms with Gasteiger partial charge in [-0.3, -0.25) is 14.9 Å². The van der Waals surface area contributed by atoms with Crippen LogP contribution in [0.25, 0.3) is 0 Å². The van der Waals surface area contributed by atoms with Gasteiger partial charge in [0.2, 0.25) is 5.91 Å². The monoisotopic (exact) mass is 216 g/mol. The highest BCUT2D eigenvalue weighted by Gasteiger charge is 2.22. The molecule has 2 N–H and O–H groups in total. The highest BCUT2D eigenvalue weighted by molar-refractivity contribution is 5.82. The van der Waals surface area contributed by atoms with Gasteiger partial charge in [-0.15, -0.1) is 0 Å². The molecular formula is C10H20N2O3. The van der Waals surface area contributed by atoms with Crippen molar-refractivity contribution in [1.82, 2.24) is 10.2 Å². The molecule has 5 nitrogen and oxygen atoms in total. The number of hydrogen-bond acceptors (Lipinski definition) is 3. The van der Waals surface area contributed by atoms with Crippen LogP contribution in [-0.4, -0.2) is 47.6 Å². The largest absolute Gasteiger partial charge is 0.480 e. The van der Waals surface area contributed by atoms with E-state index >= 15 is 0 Å². The Labute approximate surface area is 90.5 Å². The van der Waals surface area contributed by atoms with E-state index in [1.807, 2.05) is 6.92 Å². The second kappa shape index (κ2) is 6.40. The number of carbonyl (C=O) groups is 2. The van der Waals surface area contributed by atoms with Crippen LogP contribution in [0.15, 0.2) is 0 Å². The van der Waals surface area contributed by atoms with Crippen LogP contribution in [-0.2, 0) is 9.59 Å². The molecule has 0 saturated carbocycles. The summed E-state index contributed by atoms with van der Waals surface area (Å²) in [5, 5.41) is 11.6. The summed E-state index contributed by atoms with van der Waals surface area (Å²) in [6, 6.07) is -1.12. The highest BCUT2D eigenvalue weighted by Crippen LogP contribution is 1.97. The Morgan fingerprint density at radius 1 is 1.40 bits per heavy atom. The summed E-state index contributed by atoms with van der Waals surface area (Å²) in [4.78, 5) is 23.9. The van der Waals surface area contributed by atoms with Crippen molar-refractivity contribution >= 4 is 11.9 Å². The topological polar surface area (TPSA) is 69.6 Å². The fraction of sp³-hybridized carbons (Fsp3) is 0.800. The molecule has 0 heterocycles. The average molecular weight is 216 g/mol. The van der Waals surface area contributed by atoms with E-state index in [9.17, 15) is 9.59 Å². The van der Waals surface area contributed by atoms with E-state index in [2.05, 4.69) is 5.32 Å². The Morgan fingerprint density at radius 3 is 2.27 bits per heavy atom. The number of carbonyl (C=O) groups excluding carboxylic acids is 1. The molecule has 88 valence electrons. The van der Waals surface area contributed by atoms with Crippen molar-refractivity contribution < 1.29 is 14.7 Å². The lowest BCUT2D eigenvalue weighted by molar-refractivity contribution is -0.140. The molecular weight excluding hydrogens is 196 g/mol. The van der Waals surface area contributed by atoms with Crippen LogP contribution >= 0.6 is 0 Å². The predicted molar refractivity (Wildman–Crippen MR) is 57.6 cm³/mol. The lowest BCUT2D eigenvalue weighted by Gasteiger charge is -2.23. The standard InChI is InChI=1S/C10H20N2O3/c1-5-8(10(14)15)11-7(3)9(13)12(4)6-2/h7-8,11H,5-6H2,1-4H3,(H,14,15). The van der Waals surface area contributed by atoms with Gasteiger partial charge in [-0.05, 0) is 20.3 Å². The molecule has 0 saturated heterocycles. The van der Waals surface area contributed by atoms with Crippen molar-refractivity contribution in [2.24, 2.45) is 0 Å². The molecule has 0 aromatic heterocycles. The summed E-state index contributed by atoms with van der Waals surface area (Å²) < 4.78 is 0. The number of amides is 1. The second-order valence-electron chi connectivity index (χ2n) is 3.54. The molecule has 0 fully saturated rings. The Balaban J connectivity index is 4.27. The van der Waals surface area contributed by atoms with E-state index in [4.69, 9.17) is 5.11 Å². The van der Waals surface area contributed by atoms with Crippen LogP contribution in [0.5, 0.6) is 0 Å². The lowest BCUT2D eigenvalue weighted by atomic mass is 10.2. The third-order valence-electron chi connectivity index (χ3n) is 2.38. The molecule has 0 aliphatic heterocycles. The van der Waals surface area contributed by atoms with Crippen molar-refractivity contribution in [1.29, 1.82) is 0 Å². The third-order valence-corrected chi connectivity index (χ3v) is 2.38. The first-order chi connectivity index (χ1) is 6.93. The summed E-state index contributed by atoms with van der Waals surface area (Å²) in [5.41, 5.74) is 0. The van der Waals surface area contributed by atoms with Crippen LogP contribution in [0.4, 0.5) is 0 Å². The van der Waals surface area contributed by atoms with Crippen LogP contribution in [0.1, 0.15) is 27.2 Å². The first-order valence-electron chi connectivity index (χ1n) is 5.17. The number of rotatable bonds is 6. The maximum absolute atomic E-state index is 11.6. The number of likely N-dealkylation sites (N-methyl/N-ethyl adjacent to an activating group) is 1. The van der Waals surface area contributed by atoms with Crippen LogP contribution in [0.2, 0.25) is 0 Å². The van der Waals surface area contributed by atoms with Gasteiger partial charge in [-0.25, -0.2) is 0 Å². The predicted octanol–water partition coefficient (Wildman–Crippen LogP) is 0.306. The number of nitrogens with one attached hydrogen (secondary N) is 1. The molecule has 0 aromatic carbocycles. The van der Waals surface area contributed by atoms with Gasteiger partial charge in [-0.2, -0.15) is 0 Å². The summed E-state index contributed by atoms with van der Waals surface area (Å²) >= 11 is 0. The van der Waals surface area contributed by atoms with Crippen molar-refractivity contribution in [3.05, 3.63) is 0 Å². The van der Waals surface area contributed by atoms with Gasteiger partial charge in [0.1, 0.15) is 6.04 Å². The van der Waals surface area contributed by atoms with Gasteiger partial charge in [0, 0.05) is 13.6 Å². The zero-order valence-electron chi connectivity index (χ0n) is 9.78. The second-order valence-corrected chi connectivity index (χ2v) is 3.54. The Morgan fingerprint density at radius 2 is 1.93 bits per heavy atom. The van der Waals surface area contributed by atoms with Gasteiger partial charge in [0.15, 0.2) is 0 Å². The van der Waals surface area contributed by atoms with E-state index in [0.29, 0.717) is 13.0 Å². The summed E-state index contributed by atoms with van der Waals surface area (Å²) in [5.74, 6) is -1.01. The molecule has 15 heavy (non-hydrogen) atoms. The average Bonchev–Trinajstić information content (AvgIpc) is 2.22. The maximum atomic E-state index is 11.6. The smallest absolute Gasteiger partial charge is 0.320 e. The van der Waals surface area contributed by atoms with E-state index in [0.717, 1.165) is 0 Å². The molecule has 0 radical (unpaired) electrons. The molecule has 0 spiro atoms. The third kappa shape index (κ3) is 4.29. The number of hydrogen-bond donors (Lipinski definition) is 2. The molecule has 2 atom stereocenters. The number of carboxylic acid groups (broad SMARTS) is 1. The minimum Gasteiger partial charge on any atom is -0.480 e. The van der Waals surface area contributed by atoms with E-state index in [1.54, 1.807) is 25.8 Å². The van der Waals surface area contributed by atoms with Crippen molar-refractivity contribution in [3.63, 3.8) is 0 Å². The van der Waals surface area contributed by atoms with E-state index < -0.39 is 18.1 Å². The quantitative estimate of drug-likeness (QED) is 0.670. The number of carboxylic acids is 1. The maximum Gasteiger partial charge on any atom is 0.320 e. The van der Waals surface area contributed by atoms with Gasteiger partial charge in [-0.1, -0.05) is 6.92 Å². The minimum absolute atomic E-state index is 0.0859. The summed E-state index contributed by atoms with van der Waals surface area (Å²) in [6.07, 6.45) is 0.461. The van der Waals surface area contributed by atoms with Crippen LogP contribution in [0.3, 0.4) is 0 Å². The molecule has 0 rings (SSSR count). The highest BCUT2D eigenvalue weighted by atomic mass is 16.4. The van der Waals surface area contributed by atoms with Crippen molar-refractivity contribution in [3.8, 4) is 0 Å². The van der Waals surface area contributed by atoms with Crippen molar-refractivity contribution in [2.75, 3.05) is 13.6 Å². The van der Waals surface area contributed by atoms with Crippen LogP contribution in [0, 0.1) is 0 Å². The van der Waals surface area contributed by atoms with Gasteiger partial charge in [0.05, 0.1) is 6.04 Å². The van der Waals surface area contributed by atoms with Gasteiger partial charge in [0.25, 0.3) is 0 Å². The first kappa shape index (κ1) is 13.9. The van der Waals surface area contributed by atoms with Gasteiger partial charge < -0.3 is 10.0 Å². The molecule has 0 aromatic rings.